The third-order valence-electron chi connectivity index (χ3n) is 4.15. The van der Waals surface area contributed by atoms with Crippen LogP contribution >= 0.6 is 0 Å². The fourth-order valence-corrected chi connectivity index (χ4v) is 2.66. The van der Waals surface area contributed by atoms with E-state index in [1.165, 1.54) is 6.07 Å². The minimum absolute atomic E-state index is 0.249. The SMILES string of the molecule is Fc1cc(F)c(OCC2CC2)c(CCN2CCNCC2)c1. The molecule has 0 aromatic heterocycles. The number of hydrogen-bond donors (Lipinski definition) is 1. The molecular weight excluding hydrogens is 274 g/mol. The summed E-state index contributed by atoms with van der Waals surface area (Å²) >= 11 is 0. The van der Waals surface area contributed by atoms with Crippen molar-refractivity contribution in [2.45, 2.75) is 19.3 Å². The molecule has 1 saturated heterocycles. The van der Waals surface area contributed by atoms with Gasteiger partial charge in [0.15, 0.2) is 11.6 Å². The third-order valence-corrected chi connectivity index (χ3v) is 4.15. The maximum Gasteiger partial charge on any atom is 0.168 e. The molecule has 0 amide bonds. The van der Waals surface area contributed by atoms with Gasteiger partial charge in [-0.05, 0) is 31.2 Å². The number of hydrogen-bond acceptors (Lipinski definition) is 3. The van der Waals surface area contributed by atoms with Crippen molar-refractivity contribution in [2.75, 3.05) is 39.3 Å². The summed E-state index contributed by atoms with van der Waals surface area (Å²) in [6.07, 6.45) is 2.92. The Bertz CT molecular complexity index is 485. The molecule has 0 unspecified atom stereocenters. The zero-order valence-corrected chi connectivity index (χ0v) is 12.2. The Morgan fingerprint density at radius 3 is 2.67 bits per heavy atom. The van der Waals surface area contributed by atoms with E-state index in [1.54, 1.807) is 0 Å². The first-order valence-electron chi connectivity index (χ1n) is 7.76. The summed E-state index contributed by atoms with van der Waals surface area (Å²) < 4.78 is 33.0. The molecule has 0 spiro atoms. The molecular formula is C16H22F2N2O. The summed E-state index contributed by atoms with van der Waals surface area (Å²) in [7, 11) is 0. The van der Waals surface area contributed by atoms with E-state index < -0.39 is 11.6 Å². The van der Waals surface area contributed by atoms with Crippen molar-refractivity contribution < 1.29 is 13.5 Å². The maximum absolute atomic E-state index is 14.0. The number of rotatable bonds is 6. The van der Waals surface area contributed by atoms with Gasteiger partial charge < -0.3 is 15.0 Å². The number of ether oxygens (including phenoxy) is 1. The molecule has 2 fully saturated rings. The van der Waals surface area contributed by atoms with Gasteiger partial charge in [-0.3, -0.25) is 0 Å². The first kappa shape index (κ1) is 14.7. The predicted molar refractivity (Wildman–Crippen MR) is 77.6 cm³/mol. The van der Waals surface area contributed by atoms with Crippen LogP contribution in [-0.2, 0) is 6.42 Å². The first-order valence-corrected chi connectivity index (χ1v) is 7.76. The number of piperazine rings is 1. The second-order valence-electron chi connectivity index (χ2n) is 5.97. The molecule has 1 saturated carbocycles. The van der Waals surface area contributed by atoms with Crippen LogP contribution in [0.3, 0.4) is 0 Å². The van der Waals surface area contributed by atoms with Gasteiger partial charge >= 0.3 is 0 Å². The quantitative estimate of drug-likeness (QED) is 0.871. The first-order chi connectivity index (χ1) is 10.2. The smallest absolute Gasteiger partial charge is 0.168 e. The van der Waals surface area contributed by atoms with Crippen LogP contribution in [0.1, 0.15) is 18.4 Å². The van der Waals surface area contributed by atoms with Crippen molar-refractivity contribution in [3.63, 3.8) is 0 Å². The zero-order valence-electron chi connectivity index (χ0n) is 12.2. The Morgan fingerprint density at radius 2 is 1.95 bits per heavy atom. The van der Waals surface area contributed by atoms with Crippen LogP contribution in [0.4, 0.5) is 8.78 Å². The highest BCUT2D eigenvalue weighted by Gasteiger charge is 2.23. The van der Waals surface area contributed by atoms with Gasteiger partial charge in [0.1, 0.15) is 5.82 Å². The molecule has 1 heterocycles. The molecule has 1 aromatic carbocycles. The lowest BCUT2D eigenvalue weighted by atomic mass is 10.1. The van der Waals surface area contributed by atoms with Crippen LogP contribution in [0.2, 0.25) is 0 Å². The lowest BCUT2D eigenvalue weighted by molar-refractivity contribution is 0.240. The van der Waals surface area contributed by atoms with Gasteiger partial charge in [-0.2, -0.15) is 0 Å². The molecule has 3 nitrogen and oxygen atoms in total. The zero-order chi connectivity index (χ0) is 14.7. The van der Waals surface area contributed by atoms with Crippen molar-refractivity contribution in [1.82, 2.24) is 10.2 Å². The molecule has 5 heteroatoms. The minimum Gasteiger partial charge on any atom is -0.490 e. The summed E-state index contributed by atoms with van der Waals surface area (Å²) in [5, 5.41) is 3.30. The Morgan fingerprint density at radius 1 is 1.19 bits per heavy atom. The average molecular weight is 296 g/mol. The van der Waals surface area contributed by atoms with Crippen molar-refractivity contribution in [2.24, 2.45) is 5.92 Å². The van der Waals surface area contributed by atoms with Gasteiger partial charge in [0, 0.05) is 44.4 Å². The van der Waals surface area contributed by atoms with Crippen LogP contribution < -0.4 is 10.1 Å². The number of benzene rings is 1. The van der Waals surface area contributed by atoms with E-state index in [4.69, 9.17) is 4.74 Å². The Balaban J connectivity index is 1.65. The van der Waals surface area contributed by atoms with Crippen molar-refractivity contribution in [1.29, 1.82) is 0 Å². The van der Waals surface area contributed by atoms with E-state index >= 15 is 0 Å². The Labute approximate surface area is 124 Å². The molecule has 3 rings (SSSR count). The fourth-order valence-electron chi connectivity index (χ4n) is 2.66. The Hall–Kier alpha value is -1.20. The number of nitrogens with one attached hydrogen (secondary N) is 1. The van der Waals surface area contributed by atoms with Crippen LogP contribution in [0.25, 0.3) is 0 Å². The second-order valence-corrected chi connectivity index (χ2v) is 5.97. The standard InChI is InChI=1S/C16H22F2N2O/c17-14-9-13(3-6-20-7-4-19-5-8-20)16(15(18)10-14)21-11-12-1-2-12/h9-10,12,19H,1-8,11H2. The molecule has 0 bridgehead atoms. The summed E-state index contributed by atoms with van der Waals surface area (Å²) in [5.41, 5.74) is 0.645. The molecule has 0 atom stereocenters. The molecule has 1 aromatic rings. The summed E-state index contributed by atoms with van der Waals surface area (Å²) in [4.78, 5) is 2.31. The normalized spacial score (nSPS) is 19.7. The average Bonchev–Trinajstić information content (AvgIpc) is 3.29. The van der Waals surface area contributed by atoms with E-state index in [2.05, 4.69) is 10.2 Å². The van der Waals surface area contributed by atoms with Crippen LogP contribution in [0, 0.1) is 17.6 Å². The highest BCUT2D eigenvalue weighted by molar-refractivity contribution is 5.36. The molecule has 1 N–H and O–H groups in total. The fraction of sp³-hybridized carbons (Fsp3) is 0.625. The monoisotopic (exact) mass is 296 g/mol. The molecule has 116 valence electrons. The van der Waals surface area contributed by atoms with Crippen LogP contribution in [0.15, 0.2) is 12.1 Å². The van der Waals surface area contributed by atoms with Gasteiger partial charge in [-0.1, -0.05) is 0 Å². The maximum atomic E-state index is 14.0. The lowest BCUT2D eigenvalue weighted by Gasteiger charge is -2.27. The van der Waals surface area contributed by atoms with E-state index in [0.717, 1.165) is 51.6 Å². The Kier molecular flexibility index (Phi) is 4.70. The lowest BCUT2D eigenvalue weighted by Crippen LogP contribution is -2.44. The molecule has 1 aliphatic carbocycles. The van der Waals surface area contributed by atoms with E-state index in [0.29, 0.717) is 24.5 Å². The highest BCUT2D eigenvalue weighted by Crippen LogP contribution is 2.32. The highest BCUT2D eigenvalue weighted by atomic mass is 19.1. The third kappa shape index (κ3) is 4.14. The van der Waals surface area contributed by atoms with E-state index in [-0.39, 0.29) is 5.75 Å². The minimum atomic E-state index is -0.578. The second kappa shape index (κ2) is 6.71. The number of halogens is 2. The summed E-state index contributed by atoms with van der Waals surface area (Å²) in [6.45, 7) is 5.27. The summed E-state index contributed by atoms with van der Waals surface area (Å²) in [5.74, 6) is -0.304. The van der Waals surface area contributed by atoms with Gasteiger partial charge in [0.05, 0.1) is 6.61 Å². The predicted octanol–water partition coefficient (Wildman–Crippen LogP) is 2.20. The van der Waals surface area contributed by atoms with E-state index in [9.17, 15) is 8.78 Å². The van der Waals surface area contributed by atoms with Gasteiger partial charge in [-0.25, -0.2) is 8.78 Å². The summed E-state index contributed by atoms with van der Waals surface area (Å²) in [6, 6.07) is 2.32. The van der Waals surface area contributed by atoms with Crippen molar-refractivity contribution in [3.8, 4) is 5.75 Å². The van der Waals surface area contributed by atoms with Crippen LogP contribution in [0.5, 0.6) is 5.75 Å². The topological polar surface area (TPSA) is 24.5 Å². The van der Waals surface area contributed by atoms with Gasteiger partial charge in [-0.15, -0.1) is 0 Å². The molecule has 21 heavy (non-hydrogen) atoms. The molecule has 0 radical (unpaired) electrons. The van der Waals surface area contributed by atoms with Gasteiger partial charge in [0.2, 0.25) is 0 Å². The van der Waals surface area contributed by atoms with Gasteiger partial charge in [0.25, 0.3) is 0 Å². The van der Waals surface area contributed by atoms with Crippen molar-refractivity contribution in [3.05, 3.63) is 29.3 Å². The van der Waals surface area contributed by atoms with E-state index in [1.807, 2.05) is 0 Å². The largest absolute Gasteiger partial charge is 0.490 e. The number of nitrogens with zero attached hydrogens (tertiary/aromatic N) is 1. The molecule has 1 aliphatic heterocycles. The van der Waals surface area contributed by atoms with Crippen LogP contribution in [-0.4, -0.2) is 44.2 Å². The van der Waals surface area contributed by atoms with Crippen molar-refractivity contribution >= 4 is 0 Å². The molecule has 2 aliphatic rings.